The van der Waals surface area contributed by atoms with E-state index in [9.17, 15) is 9.59 Å². The average molecular weight is 373 g/mol. The highest BCUT2D eigenvalue weighted by atomic mass is 35.5. The van der Waals surface area contributed by atoms with Gasteiger partial charge in [-0.3, -0.25) is 4.79 Å². The minimum atomic E-state index is -0.984. The highest BCUT2D eigenvalue weighted by Crippen LogP contribution is 2.30. The van der Waals surface area contributed by atoms with Crippen LogP contribution in [0.15, 0.2) is 42.6 Å². The third-order valence-corrected chi connectivity index (χ3v) is 4.37. The third-order valence-electron chi connectivity index (χ3n) is 4.05. The molecule has 0 aliphatic rings. The van der Waals surface area contributed by atoms with Crippen LogP contribution in [0.2, 0.25) is 5.02 Å². The lowest BCUT2D eigenvalue weighted by Crippen LogP contribution is -2.24. The topological polar surface area (TPSA) is 94.4 Å². The second-order valence-electron chi connectivity index (χ2n) is 5.73. The molecule has 0 radical (unpaired) electrons. The Balaban J connectivity index is 1.83. The largest absolute Gasteiger partial charge is 0.496 e. The number of nitrogen functional groups attached to an aromatic ring is 1. The molecule has 26 heavy (non-hydrogen) atoms. The highest BCUT2D eigenvalue weighted by Gasteiger charge is 2.25. The van der Waals surface area contributed by atoms with Gasteiger partial charge in [0, 0.05) is 28.7 Å². The van der Waals surface area contributed by atoms with E-state index in [0.29, 0.717) is 5.56 Å². The van der Waals surface area contributed by atoms with Gasteiger partial charge in [0.2, 0.25) is 5.78 Å². The maximum absolute atomic E-state index is 12.7. The number of aromatic nitrogens is 1. The summed E-state index contributed by atoms with van der Waals surface area (Å²) in [5, 5.41) is 0.974. The van der Waals surface area contributed by atoms with Crippen LogP contribution < -0.4 is 10.5 Å². The fourth-order valence-corrected chi connectivity index (χ4v) is 2.83. The van der Waals surface area contributed by atoms with Crippen molar-refractivity contribution in [2.45, 2.75) is 13.0 Å². The molecule has 1 heterocycles. The van der Waals surface area contributed by atoms with Gasteiger partial charge in [-0.25, -0.2) is 4.79 Å². The number of fused-ring (bicyclic) bond motifs is 1. The molecule has 134 valence electrons. The van der Waals surface area contributed by atoms with Crippen LogP contribution in [-0.2, 0) is 4.74 Å². The van der Waals surface area contributed by atoms with Crippen LogP contribution in [0.3, 0.4) is 0 Å². The summed E-state index contributed by atoms with van der Waals surface area (Å²) in [5.74, 6) is -0.801. The SMILES string of the molecule is COc1cc(N)c(Cl)cc1C(=O)O[C@H](C)C(=O)c1c[nH]c2ccccc12. The Labute approximate surface area is 154 Å². The van der Waals surface area contributed by atoms with Gasteiger partial charge in [-0.1, -0.05) is 29.8 Å². The van der Waals surface area contributed by atoms with E-state index in [2.05, 4.69) is 4.98 Å². The van der Waals surface area contributed by atoms with Crippen molar-refractivity contribution in [1.82, 2.24) is 4.98 Å². The van der Waals surface area contributed by atoms with Gasteiger partial charge in [0.15, 0.2) is 6.10 Å². The molecule has 0 fully saturated rings. The van der Waals surface area contributed by atoms with Crippen molar-refractivity contribution in [3.63, 3.8) is 0 Å². The van der Waals surface area contributed by atoms with Crippen LogP contribution in [0.5, 0.6) is 5.75 Å². The normalized spacial score (nSPS) is 12.0. The fraction of sp³-hybridized carbons (Fsp3) is 0.158. The maximum Gasteiger partial charge on any atom is 0.342 e. The number of ketones is 1. The van der Waals surface area contributed by atoms with Crippen molar-refractivity contribution in [3.05, 3.63) is 58.7 Å². The zero-order chi connectivity index (χ0) is 18.8. The quantitative estimate of drug-likeness (QED) is 0.403. The summed E-state index contributed by atoms with van der Waals surface area (Å²) in [6.07, 6.45) is 0.626. The molecular formula is C19H17ClN2O4. The second-order valence-corrected chi connectivity index (χ2v) is 6.14. The predicted molar refractivity (Wildman–Crippen MR) is 99.9 cm³/mol. The van der Waals surface area contributed by atoms with E-state index in [-0.39, 0.29) is 27.8 Å². The molecule has 0 aliphatic heterocycles. The number of carbonyl (C=O) groups excluding carboxylic acids is 2. The number of nitrogens with one attached hydrogen (secondary N) is 1. The molecule has 0 spiro atoms. The zero-order valence-electron chi connectivity index (χ0n) is 14.2. The number of benzene rings is 2. The molecule has 7 heteroatoms. The number of esters is 1. The summed E-state index contributed by atoms with van der Waals surface area (Å²) in [4.78, 5) is 28.2. The molecule has 0 unspecified atom stereocenters. The standard InChI is InChI=1S/C19H17ClN2O4/c1-10(18(23)13-9-22-16-6-4-3-5-11(13)16)26-19(24)12-7-14(20)15(21)8-17(12)25-2/h3-10,22H,21H2,1-2H3/t10-/m1/s1. The lowest BCUT2D eigenvalue weighted by molar-refractivity contribution is 0.0316. The third kappa shape index (κ3) is 3.23. The van der Waals surface area contributed by atoms with Gasteiger partial charge in [-0.2, -0.15) is 0 Å². The molecular weight excluding hydrogens is 356 g/mol. The number of aromatic amines is 1. The van der Waals surface area contributed by atoms with Crippen molar-refractivity contribution < 1.29 is 19.1 Å². The molecule has 3 aromatic rings. The zero-order valence-corrected chi connectivity index (χ0v) is 15.0. The Morgan fingerprint density at radius 3 is 2.65 bits per heavy atom. The molecule has 0 amide bonds. The number of halogens is 1. The maximum atomic E-state index is 12.7. The van der Waals surface area contributed by atoms with E-state index in [1.54, 1.807) is 6.20 Å². The minimum absolute atomic E-state index is 0.102. The van der Waals surface area contributed by atoms with Crippen molar-refractivity contribution >= 4 is 39.9 Å². The van der Waals surface area contributed by atoms with Crippen LogP contribution in [0.25, 0.3) is 10.9 Å². The summed E-state index contributed by atoms with van der Waals surface area (Å²) in [7, 11) is 1.40. The molecule has 2 aromatic carbocycles. The molecule has 3 rings (SSSR count). The predicted octanol–water partition coefficient (Wildman–Crippen LogP) is 3.84. The Morgan fingerprint density at radius 1 is 1.19 bits per heavy atom. The number of hydrogen-bond donors (Lipinski definition) is 2. The first-order valence-corrected chi connectivity index (χ1v) is 8.24. The van der Waals surface area contributed by atoms with Crippen LogP contribution in [-0.4, -0.2) is 30.0 Å². The Hall–Kier alpha value is -2.99. The Morgan fingerprint density at radius 2 is 1.92 bits per heavy atom. The number of Topliss-reactive ketones (excluding diaryl/α,β-unsaturated/α-hetero) is 1. The van der Waals surface area contributed by atoms with E-state index in [0.717, 1.165) is 10.9 Å². The van der Waals surface area contributed by atoms with Gasteiger partial charge in [0.25, 0.3) is 0 Å². The number of rotatable bonds is 5. The first-order chi connectivity index (χ1) is 12.4. The van der Waals surface area contributed by atoms with E-state index < -0.39 is 12.1 Å². The van der Waals surface area contributed by atoms with E-state index >= 15 is 0 Å². The molecule has 0 bridgehead atoms. The Kier molecular flexibility index (Phi) is 4.86. The number of ether oxygens (including phenoxy) is 2. The minimum Gasteiger partial charge on any atom is -0.496 e. The Bertz CT molecular complexity index is 996. The van der Waals surface area contributed by atoms with Gasteiger partial charge in [0.05, 0.1) is 17.8 Å². The second kappa shape index (κ2) is 7.09. The molecule has 0 saturated heterocycles. The number of methoxy groups -OCH3 is 1. The number of H-pyrrole nitrogens is 1. The molecule has 6 nitrogen and oxygen atoms in total. The van der Waals surface area contributed by atoms with Crippen LogP contribution in [0.4, 0.5) is 5.69 Å². The van der Waals surface area contributed by atoms with Gasteiger partial charge in [0.1, 0.15) is 11.3 Å². The smallest absolute Gasteiger partial charge is 0.342 e. The molecule has 0 saturated carbocycles. The molecule has 1 aromatic heterocycles. The van der Waals surface area contributed by atoms with E-state index in [1.807, 2.05) is 24.3 Å². The van der Waals surface area contributed by atoms with Gasteiger partial charge < -0.3 is 20.2 Å². The molecule has 3 N–H and O–H groups in total. The highest BCUT2D eigenvalue weighted by molar-refractivity contribution is 6.33. The number of carbonyl (C=O) groups is 2. The summed E-state index contributed by atoms with van der Waals surface area (Å²) in [5.41, 5.74) is 7.39. The lowest BCUT2D eigenvalue weighted by Gasteiger charge is -2.14. The number of hydrogen-bond acceptors (Lipinski definition) is 5. The van der Waals surface area contributed by atoms with Gasteiger partial charge in [-0.15, -0.1) is 0 Å². The monoisotopic (exact) mass is 372 g/mol. The van der Waals surface area contributed by atoms with Crippen molar-refractivity contribution in [1.29, 1.82) is 0 Å². The summed E-state index contributed by atoms with van der Waals surface area (Å²) in [6.45, 7) is 1.52. The van der Waals surface area contributed by atoms with Crippen LogP contribution in [0.1, 0.15) is 27.6 Å². The van der Waals surface area contributed by atoms with E-state index in [1.165, 1.54) is 26.2 Å². The summed E-state index contributed by atoms with van der Waals surface area (Å²) >= 11 is 5.97. The number of anilines is 1. The molecule has 0 aliphatic carbocycles. The average Bonchev–Trinajstić information content (AvgIpc) is 3.06. The van der Waals surface area contributed by atoms with Crippen LogP contribution >= 0.6 is 11.6 Å². The van der Waals surface area contributed by atoms with Gasteiger partial charge in [-0.05, 0) is 19.1 Å². The van der Waals surface area contributed by atoms with Crippen molar-refractivity contribution in [2.24, 2.45) is 0 Å². The van der Waals surface area contributed by atoms with E-state index in [4.69, 9.17) is 26.8 Å². The first-order valence-electron chi connectivity index (χ1n) is 7.86. The van der Waals surface area contributed by atoms with Crippen LogP contribution in [0, 0.1) is 0 Å². The van der Waals surface area contributed by atoms with Crippen molar-refractivity contribution in [2.75, 3.05) is 12.8 Å². The summed E-state index contributed by atoms with van der Waals surface area (Å²) < 4.78 is 10.5. The number of nitrogens with two attached hydrogens (primary N) is 1. The number of para-hydroxylation sites is 1. The van der Waals surface area contributed by atoms with Crippen molar-refractivity contribution in [3.8, 4) is 5.75 Å². The molecule has 1 atom stereocenters. The fourth-order valence-electron chi connectivity index (χ4n) is 2.67. The summed E-state index contributed by atoms with van der Waals surface area (Å²) in [6, 6.07) is 10.2. The lowest BCUT2D eigenvalue weighted by atomic mass is 10.1. The van der Waals surface area contributed by atoms with Gasteiger partial charge >= 0.3 is 5.97 Å². The first kappa shape index (κ1) is 17.8.